The van der Waals surface area contributed by atoms with E-state index in [-0.39, 0.29) is 6.61 Å². The summed E-state index contributed by atoms with van der Waals surface area (Å²) in [6.07, 6.45) is 6.24. The number of rotatable bonds is 7. The molecule has 0 heterocycles. The molecule has 1 N–H and O–H groups in total. The van der Waals surface area contributed by atoms with Crippen LogP contribution in [0.15, 0.2) is 67.3 Å². The van der Waals surface area contributed by atoms with E-state index in [1.54, 1.807) is 0 Å². The first-order valence-electron chi connectivity index (χ1n) is 7.61. The zero-order valence-electron chi connectivity index (χ0n) is 13.1. The lowest BCUT2D eigenvalue weighted by Gasteiger charge is -2.05. The van der Waals surface area contributed by atoms with Crippen LogP contribution in [0.1, 0.15) is 23.1 Å². The van der Waals surface area contributed by atoms with Crippen molar-refractivity contribution < 1.29 is 9.53 Å². The smallest absolute Gasteiger partial charge is 0.407 e. The lowest BCUT2D eigenvalue weighted by molar-refractivity contribution is 0.140. The Labute approximate surface area is 137 Å². The Morgan fingerprint density at radius 1 is 1.04 bits per heavy atom. The molecule has 0 aliphatic rings. The van der Waals surface area contributed by atoms with Crippen LogP contribution in [0.2, 0.25) is 0 Å². The van der Waals surface area contributed by atoms with E-state index in [0.717, 1.165) is 23.1 Å². The number of alkyl carbamates (subject to hydrolysis) is 1. The Balaban J connectivity index is 1.63. The molecule has 0 aliphatic carbocycles. The van der Waals surface area contributed by atoms with Crippen molar-refractivity contribution in [1.82, 2.24) is 5.32 Å². The number of carbonyl (C=O) groups is 1. The summed E-state index contributed by atoms with van der Waals surface area (Å²) >= 11 is 0. The van der Waals surface area contributed by atoms with Gasteiger partial charge in [0.1, 0.15) is 6.61 Å². The second kappa shape index (κ2) is 9.26. The highest BCUT2D eigenvalue weighted by molar-refractivity contribution is 5.67. The molecule has 23 heavy (non-hydrogen) atoms. The quantitative estimate of drug-likeness (QED) is 0.756. The van der Waals surface area contributed by atoms with Crippen molar-refractivity contribution in [2.24, 2.45) is 0 Å². The maximum absolute atomic E-state index is 11.6. The Morgan fingerprint density at radius 3 is 2.43 bits per heavy atom. The molecule has 0 saturated heterocycles. The number of hydrogen-bond donors (Lipinski definition) is 1. The van der Waals surface area contributed by atoms with E-state index in [0.29, 0.717) is 6.54 Å². The van der Waals surface area contributed by atoms with E-state index < -0.39 is 6.09 Å². The van der Waals surface area contributed by atoms with E-state index in [1.807, 2.05) is 72.8 Å². The van der Waals surface area contributed by atoms with Crippen LogP contribution in [0, 0.1) is 0 Å². The van der Waals surface area contributed by atoms with Crippen LogP contribution in [0.3, 0.4) is 0 Å². The maximum Gasteiger partial charge on any atom is 0.407 e. The lowest BCUT2D eigenvalue weighted by Crippen LogP contribution is -2.24. The molecular weight excluding hydrogens is 286 g/mol. The average molecular weight is 307 g/mol. The van der Waals surface area contributed by atoms with E-state index in [2.05, 4.69) is 11.9 Å². The molecule has 0 atom stereocenters. The minimum absolute atomic E-state index is 0.290. The van der Waals surface area contributed by atoms with Gasteiger partial charge in [0.15, 0.2) is 0 Å². The number of carbonyl (C=O) groups excluding carboxylic acids is 1. The van der Waals surface area contributed by atoms with Crippen molar-refractivity contribution in [3.63, 3.8) is 0 Å². The maximum atomic E-state index is 11.6. The molecular formula is C20H21NO2. The number of nitrogens with one attached hydrogen (secondary N) is 1. The molecule has 0 fully saturated rings. The summed E-state index contributed by atoms with van der Waals surface area (Å²) in [5.41, 5.74) is 3.21. The van der Waals surface area contributed by atoms with Crippen molar-refractivity contribution in [3.8, 4) is 0 Å². The highest BCUT2D eigenvalue weighted by atomic mass is 16.5. The minimum atomic E-state index is -0.391. The van der Waals surface area contributed by atoms with Gasteiger partial charge in [-0.15, -0.1) is 0 Å². The molecule has 0 spiro atoms. The van der Waals surface area contributed by atoms with Crippen molar-refractivity contribution in [2.75, 3.05) is 6.54 Å². The Hall–Kier alpha value is -2.81. The van der Waals surface area contributed by atoms with Crippen molar-refractivity contribution in [1.29, 1.82) is 0 Å². The molecule has 2 rings (SSSR count). The van der Waals surface area contributed by atoms with Crippen molar-refractivity contribution >= 4 is 18.2 Å². The number of hydrogen-bond acceptors (Lipinski definition) is 2. The van der Waals surface area contributed by atoms with Gasteiger partial charge in [-0.2, -0.15) is 0 Å². The summed E-state index contributed by atoms with van der Waals surface area (Å²) in [4.78, 5) is 11.6. The third kappa shape index (κ3) is 6.22. The summed E-state index contributed by atoms with van der Waals surface area (Å²) in [6, 6.07) is 17.7. The molecule has 0 aromatic heterocycles. The van der Waals surface area contributed by atoms with Gasteiger partial charge in [0.2, 0.25) is 0 Å². The van der Waals surface area contributed by atoms with Gasteiger partial charge in [-0.25, -0.2) is 4.79 Å². The van der Waals surface area contributed by atoms with Crippen LogP contribution >= 0.6 is 0 Å². The fraction of sp³-hybridized carbons (Fsp3) is 0.150. The van der Waals surface area contributed by atoms with Gasteiger partial charge in [-0.1, -0.05) is 79.4 Å². The summed E-state index contributed by atoms with van der Waals surface area (Å²) in [5.74, 6) is 0. The molecule has 118 valence electrons. The Bertz CT molecular complexity index is 645. The van der Waals surface area contributed by atoms with Gasteiger partial charge in [-0.3, -0.25) is 0 Å². The number of ether oxygens (including phenoxy) is 1. The Morgan fingerprint density at radius 2 is 1.74 bits per heavy atom. The van der Waals surface area contributed by atoms with Gasteiger partial charge in [0, 0.05) is 6.54 Å². The van der Waals surface area contributed by atoms with Crippen molar-refractivity contribution in [3.05, 3.63) is 83.9 Å². The summed E-state index contributed by atoms with van der Waals surface area (Å²) in [5, 5.41) is 2.73. The first-order valence-corrected chi connectivity index (χ1v) is 7.61. The number of amides is 1. The molecule has 0 unspecified atom stereocenters. The lowest BCUT2D eigenvalue weighted by atomic mass is 10.1. The molecule has 2 aromatic carbocycles. The van der Waals surface area contributed by atoms with Gasteiger partial charge < -0.3 is 10.1 Å². The predicted octanol–water partition coefficient (Wildman–Crippen LogP) is 4.66. The average Bonchev–Trinajstić information content (AvgIpc) is 2.61. The third-order valence-corrected chi connectivity index (χ3v) is 3.28. The first-order chi connectivity index (χ1) is 11.3. The highest BCUT2D eigenvalue weighted by Gasteiger charge is 2.00. The molecule has 0 radical (unpaired) electrons. The SMILES string of the molecule is C=Cc1ccc(C=CCCNC(=O)OCc2ccccc2)cc1. The molecule has 0 saturated carbocycles. The largest absolute Gasteiger partial charge is 0.445 e. The van der Waals surface area contributed by atoms with Gasteiger partial charge in [0.25, 0.3) is 0 Å². The molecule has 2 aromatic rings. The fourth-order valence-electron chi connectivity index (χ4n) is 1.99. The van der Waals surface area contributed by atoms with E-state index in [1.165, 1.54) is 0 Å². The van der Waals surface area contributed by atoms with E-state index >= 15 is 0 Å². The summed E-state index contributed by atoms with van der Waals surface area (Å²) < 4.78 is 5.13. The third-order valence-electron chi connectivity index (χ3n) is 3.28. The second-order valence-electron chi connectivity index (χ2n) is 5.05. The van der Waals surface area contributed by atoms with Crippen molar-refractivity contribution in [2.45, 2.75) is 13.0 Å². The molecule has 0 bridgehead atoms. The van der Waals surface area contributed by atoms with Gasteiger partial charge in [-0.05, 0) is 23.1 Å². The zero-order chi connectivity index (χ0) is 16.3. The fourth-order valence-corrected chi connectivity index (χ4v) is 1.99. The molecule has 3 heteroatoms. The highest BCUT2D eigenvalue weighted by Crippen LogP contribution is 2.07. The van der Waals surface area contributed by atoms with Crippen LogP contribution in [0.4, 0.5) is 4.79 Å². The van der Waals surface area contributed by atoms with Gasteiger partial charge >= 0.3 is 6.09 Å². The van der Waals surface area contributed by atoms with E-state index in [9.17, 15) is 4.79 Å². The van der Waals surface area contributed by atoms with Crippen LogP contribution in [-0.2, 0) is 11.3 Å². The molecule has 1 amide bonds. The minimum Gasteiger partial charge on any atom is -0.445 e. The standard InChI is InChI=1S/C20H21NO2/c1-2-17-11-13-18(14-12-17)8-6-7-15-21-20(22)23-16-19-9-4-3-5-10-19/h2-6,8-14H,1,7,15-16H2,(H,21,22). The predicted molar refractivity (Wildman–Crippen MR) is 94.8 cm³/mol. The normalized spacial score (nSPS) is 10.4. The topological polar surface area (TPSA) is 38.3 Å². The van der Waals surface area contributed by atoms with E-state index in [4.69, 9.17) is 4.74 Å². The second-order valence-corrected chi connectivity index (χ2v) is 5.05. The van der Waals surface area contributed by atoms with Crippen LogP contribution in [0.25, 0.3) is 12.2 Å². The molecule has 3 nitrogen and oxygen atoms in total. The summed E-state index contributed by atoms with van der Waals surface area (Å²) in [7, 11) is 0. The molecule has 0 aliphatic heterocycles. The zero-order valence-corrected chi connectivity index (χ0v) is 13.1. The van der Waals surface area contributed by atoms with Crippen LogP contribution in [0.5, 0.6) is 0 Å². The first kappa shape index (κ1) is 16.6. The Kier molecular flexibility index (Phi) is 6.66. The van der Waals surface area contributed by atoms with Gasteiger partial charge in [0.05, 0.1) is 0 Å². The monoisotopic (exact) mass is 307 g/mol. The van der Waals surface area contributed by atoms with Crippen LogP contribution < -0.4 is 5.32 Å². The van der Waals surface area contributed by atoms with Crippen LogP contribution in [-0.4, -0.2) is 12.6 Å². The summed E-state index contributed by atoms with van der Waals surface area (Å²) in [6.45, 7) is 4.57. The number of benzene rings is 2.